The fraction of sp³-hybridized carbons (Fsp3) is 1.00. The number of aliphatic hydroxyl groups excluding tert-OH is 8. The van der Waals surface area contributed by atoms with E-state index in [4.69, 9.17) is 14.6 Å². The molecular weight excluding hydrogens is 328 g/mol. The summed E-state index contributed by atoms with van der Waals surface area (Å²) in [5.41, 5.74) is 0. The average molecular weight is 356 g/mol. The lowest BCUT2D eigenvalue weighted by atomic mass is 9.95. The molecule has 8 N–H and O–H groups in total. The number of hydrogen-bond donors (Lipinski definition) is 8. The van der Waals surface area contributed by atoms with Crippen molar-refractivity contribution in [3.63, 3.8) is 0 Å². The lowest BCUT2D eigenvalue weighted by Gasteiger charge is -2.40. The van der Waals surface area contributed by atoms with Crippen molar-refractivity contribution in [1.29, 1.82) is 0 Å². The van der Waals surface area contributed by atoms with Gasteiger partial charge in [0.2, 0.25) is 0 Å². The molecule has 0 aliphatic carbocycles. The van der Waals surface area contributed by atoms with Gasteiger partial charge in [-0.25, -0.2) is 0 Å². The van der Waals surface area contributed by atoms with Gasteiger partial charge in [-0.2, -0.15) is 0 Å². The number of ether oxygens (including phenoxy) is 2. The highest BCUT2D eigenvalue weighted by molar-refractivity contribution is 4.89. The van der Waals surface area contributed by atoms with E-state index in [0.717, 1.165) is 0 Å². The maximum atomic E-state index is 9.83. The Hall–Kier alpha value is -0.400. The van der Waals surface area contributed by atoms with E-state index in [-0.39, 0.29) is 5.92 Å². The van der Waals surface area contributed by atoms with Crippen molar-refractivity contribution >= 4 is 0 Å². The van der Waals surface area contributed by atoms with E-state index in [0.29, 0.717) is 0 Å². The largest absolute Gasteiger partial charge is 0.394 e. The lowest BCUT2D eigenvalue weighted by molar-refractivity contribution is -0.306. The van der Waals surface area contributed by atoms with E-state index in [1.165, 1.54) is 0 Å². The Balaban J connectivity index is 2.57. The zero-order chi connectivity index (χ0) is 18.6. The Morgan fingerprint density at radius 1 is 0.875 bits per heavy atom. The molecule has 1 aliphatic heterocycles. The van der Waals surface area contributed by atoms with Gasteiger partial charge in [-0.3, -0.25) is 0 Å². The van der Waals surface area contributed by atoms with Gasteiger partial charge in [0.1, 0.15) is 42.7 Å². The Morgan fingerprint density at radius 3 is 1.96 bits per heavy atom. The second kappa shape index (κ2) is 9.34. The standard InChI is InChI=1S/C14H28O10/c1-5(2)8(17)11(20)9(18)6(16)4-23-14-13(22)12(21)10(19)7(3-15)24-14/h5-22H,3-4H2,1-2H3/t6-,7-,8+,9-,10+,11-,12+,13-,14+/m1/s1. The highest BCUT2D eigenvalue weighted by atomic mass is 16.7. The predicted molar refractivity (Wildman–Crippen MR) is 78.6 cm³/mol. The quantitative estimate of drug-likeness (QED) is 0.213. The van der Waals surface area contributed by atoms with Crippen molar-refractivity contribution in [3.05, 3.63) is 0 Å². The summed E-state index contributed by atoms with van der Waals surface area (Å²) in [6.07, 6.45) is -13.6. The zero-order valence-corrected chi connectivity index (χ0v) is 13.6. The Labute approximate surface area is 139 Å². The molecule has 24 heavy (non-hydrogen) atoms. The third kappa shape index (κ3) is 5.05. The minimum Gasteiger partial charge on any atom is -0.394 e. The molecule has 144 valence electrons. The van der Waals surface area contributed by atoms with Crippen LogP contribution in [0.2, 0.25) is 0 Å². The van der Waals surface area contributed by atoms with Crippen LogP contribution in [0.1, 0.15) is 13.8 Å². The van der Waals surface area contributed by atoms with Crippen LogP contribution >= 0.6 is 0 Å². The molecule has 0 spiro atoms. The summed E-state index contributed by atoms with van der Waals surface area (Å²) in [5, 5.41) is 77.2. The molecule has 1 heterocycles. The van der Waals surface area contributed by atoms with Crippen LogP contribution in [0.3, 0.4) is 0 Å². The van der Waals surface area contributed by atoms with Crippen LogP contribution in [0.4, 0.5) is 0 Å². The van der Waals surface area contributed by atoms with Crippen molar-refractivity contribution in [2.75, 3.05) is 13.2 Å². The van der Waals surface area contributed by atoms with E-state index >= 15 is 0 Å². The Morgan fingerprint density at radius 2 is 1.46 bits per heavy atom. The smallest absolute Gasteiger partial charge is 0.186 e. The van der Waals surface area contributed by atoms with E-state index < -0.39 is 68.3 Å². The van der Waals surface area contributed by atoms with E-state index in [1.807, 2.05) is 0 Å². The van der Waals surface area contributed by atoms with Gasteiger partial charge < -0.3 is 50.3 Å². The first-order valence-electron chi connectivity index (χ1n) is 7.76. The first-order valence-corrected chi connectivity index (χ1v) is 7.76. The third-order valence-corrected chi connectivity index (χ3v) is 4.06. The van der Waals surface area contributed by atoms with Gasteiger partial charge in [0.05, 0.1) is 19.3 Å². The molecule has 1 rings (SSSR count). The van der Waals surface area contributed by atoms with Crippen LogP contribution in [0.15, 0.2) is 0 Å². The Bertz CT molecular complexity index is 365. The van der Waals surface area contributed by atoms with E-state index in [9.17, 15) is 35.7 Å². The van der Waals surface area contributed by atoms with Gasteiger partial charge in [0, 0.05) is 0 Å². The number of hydrogen-bond acceptors (Lipinski definition) is 10. The van der Waals surface area contributed by atoms with Gasteiger partial charge in [-0.15, -0.1) is 0 Å². The van der Waals surface area contributed by atoms with Crippen LogP contribution < -0.4 is 0 Å². The summed E-state index contributed by atoms with van der Waals surface area (Å²) in [5.74, 6) is -0.354. The molecular formula is C14H28O10. The molecule has 0 radical (unpaired) electrons. The fourth-order valence-corrected chi connectivity index (χ4v) is 2.32. The van der Waals surface area contributed by atoms with Crippen LogP contribution in [-0.4, -0.2) is 109 Å². The zero-order valence-electron chi connectivity index (χ0n) is 13.6. The van der Waals surface area contributed by atoms with Gasteiger partial charge in [0.15, 0.2) is 6.29 Å². The topological polar surface area (TPSA) is 180 Å². The Kier molecular flexibility index (Phi) is 8.42. The van der Waals surface area contributed by atoms with Crippen LogP contribution in [0, 0.1) is 5.92 Å². The molecule has 0 bridgehead atoms. The predicted octanol–water partition coefficient (Wildman–Crippen LogP) is -4.10. The molecule has 9 atom stereocenters. The maximum Gasteiger partial charge on any atom is 0.186 e. The van der Waals surface area contributed by atoms with Gasteiger partial charge in [-0.1, -0.05) is 13.8 Å². The fourth-order valence-electron chi connectivity index (χ4n) is 2.32. The SMILES string of the molecule is CC(C)[C@H](O)[C@@H](O)[C@H](O)[C@H](O)CO[C@H]1O[C@H](CO)[C@H](O)[C@H](O)[C@H]1O. The number of rotatable bonds is 8. The molecule has 10 nitrogen and oxygen atoms in total. The summed E-state index contributed by atoms with van der Waals surface area (Å²) >= 11 is 0. The molecule has 0 saturated carbocycles. The lowest BCUT2D eigenvalue weighted by Crippen LogP contribution is -2.59. The molecule has 0 aromatic heterocycles. The van der Waals surface area contributed by atoms with Crippen molar-refractivity contribution in [2.45, 2.75) is 69.0 Å². The normalized spacial score (nSPS) is 36.4. The first-order chi connectivity index (χ1) is 11.1. The van der Waals surface area contributed by atoms with Crippen LogP contribution in [0.25, 0.3) is 0 Å². The second-order valence-corrected chi connectivity index (χ2v) is 6.31. The first kappa shape index (κ1) is 21.6. The highest BCUT2D eigenvalue weighted by Crippen LogP contribution is 2.22. The molecule has 0 unspecified atom stereocenters. The molecule has 10 heteroatoms. The minimum atomic E-state index is -1.72. The van der Waals surface area contributed by atoms with Crippen molar-refractivity contribution in [2.24, 2.45) is 5.92 Å². The maximum absolute atomic E-state index is 9.83. The van der Waals surface area contributed by atoms with E-state index in [2.05, 4.69) is 0 Å². The summed E-state index contributed by atoms with van der Waals surface area (Å²) in [6, 6.07) is 0. The molecule has 0 amide bonds. The van der Waals surface area contributed by atoms with Crippen molar-refractivity contribution in [1.82, 2.24) is 0 Å². The summed E-state index contributed by atoms with van der Waals surface area (Å²) in [4.78, 5) is 0. The highest BCUT2D eigenvalue weighted by Gasteiger charge is 2.44. The third-order valence-electron chi connectivity index (χ3n) is 4.06. The average Bonchev–Trinajstić information content (AvgIpc) is 2.56. The van der Waals surface area contributed by atoms with E-state index in [1.54, 1.807) is 13.8 Å². The second-order valence-electron chi connectivity index (χ2n) is 6.31. The molecule has 1 saturated heterocycles. The molecule has 0 aromatic rings. The molecule has 1 aliphatic rings. The number of aliphatic hydroxyl groups is 8. The van der Waals surface area contributed by atoms with Crippen molar-refractivity contribution < 1.29 is 50.3 Å². The van der Waals surface area contributed by atoms with Crippen LogP contribution in [-0.2, 0) is 9.47 Å². The van der Waals surface area contributed by atoms with Crippen molar-refractivity contribution in [3.8, 4) is 0 Å². The molecule has 1 fully saturated rings. The monoisotopic (exact) mass is 356 g/mol. The summed E-state index contributed by atoms with van der Waals surface area (Å²) < 4.78 is 10.1. The molecule has 0 aromatic carbocycles. The van der Waals surface area contributed by atoms with Gasteiger partial charge in [-0.05, 0) is 5.92 Å². The summed E-state index contributed by atoms with van der Waals surface area (Å²) in [7, 11) is 0. The van der Waals surface area contributed by atoms with Crippen LogP contribution in [0.5, 0.6) is 0 Å². The van der Waals surface area contributed by atoms with Gasteiger partial charge >= 0.3 is 0 Å². The van der Waals surface area contributed by atoms with Gasteiger partial charge in [0.25, 0.3) is 0 Å². The minimum absolute atomic E-state index is 0.354. The summed E-state index contributed by atoms with van der Waals surface area (Å²) in [6.45, 7) is 2.02.